The van der Waals surface area contributed by atoms with Crippen molar-refractivity contribution in [3.63, 3.8) is 0 Å². The van der Waals surface area contributed by atoms with E-state index < -0.39 is 14.1 Å². The molecule has 0 atom stereocenters. The largest absolute Gasteiger partial charge is 0.870 e. The van der Waals surface area contributed by atoms with E-state index in [4.69, 9.17) is 4.17 Å². The van der Waals surface area contributed by atoms with Gasteiger partial charge in [0.05, 0.1) is 0 Å². The molecule has 0 heterocycles. The predicted molar refractivity (Wildman–Crippen MR) is 53.5 cm³/mol. The minimum absolute atomic E-state index is 0. The van der Waals surface area contributed by atoms with Crippen LogP contribution in [0, 0.1) is 0 Å². The maximum absolute atomic E-state index is 4.76. The maximum atomic E-state index is 4.76. The van der Waals surface area contributed by atoms with Gasteiger partial charge in [-0.25, -0.2) is 0 Å². The zero-order valence-electron chi connectivity index (χ0n) is 7.79. The summed E-state index contributed by atoms with van der Waals surface area (Å²) < 4.78 is 4.76. The van der Waals surface area contributed by atoms with Crippen molar-refractivity contribution >= 4 is 14.1 Å². The second-order valence-corrected chi connectivity index (χ2v) is 12.5. The van der Waals surface area contributed by atoms with Crippen molar-refractivity contribution in [2.75, 3.05) is 40.0 Å². The van der Waals surface area contributed by atoms with E-state index in [9.17, 15) is 0 Å². The van der Waals surface area contributed by atoms with E-state index in [2.05, 4.69) is 40.0 Å². The molecule has 0 unspecified atom stereocenters. The minimum Gasteiger partial charge on any atom is -0.870 e. The molecule has 0 aromatic rings. The van der Waals surface area contributed by atoms with Gasteiger partial charge >= 0.3 is 0 Å². The van der Waals surface area contributed by atoms with Crippen LogP contribution in [-0.4, -0.2) is 45.5 Å². The van der Waals surface area contributed by atoms with Crippen molar-refractivity contribution in [2.24, 2.45) is 0 Å². The Morgan fingerprint density at radius 3 is 0.900 bits per heavy atom. The zero-order chi connectivity index (χ0) is 7.71. The second-order valence-electron chi connectivity index (χ2n) is 3.97. The highest BCUT2D eigenvalue weighted by molar-refractivity contribution is 7.71. The van der Waals surface area contributed by atoms with Gasteiger partial charge in [-0.3, -0.25) is 0 Å². The molecule has 0 amide bonds. The van der Waals surface area contributed by atoms with Gasteiger partial charge in [0.2, 0.25) is 14.1 Å². The van der Waals surface area contributed by atoms with E-state index in [0.29, 0.717) is 0 Å². The molecule has 2 nitrogen and oxygen atoms in total. The summed E-state index contributed by atoms with van der Waals surface area (Å²) in [6, 6.07) is 0. The van der Waals surface area contributed by atoms with Crippen LogP contribution in [0.5, 0.6) is 0 Å². The van der Waals surface area contributed by atoms with E-state index in [1.165, 1.54) is 0 Å². The van der Waals surface area contributed by atoms with E-state index in [-0.39, 0.29) is 5.48 Å². The molecule has 0 saturated carbocycles. The number of hydrogen-bond acceptors (Lipinski definition) is 1. The second kappa shape index (κ2) is 3.79. The van der Waals surface area contributed by atoms with E-state index in [1.807, 2.05) is 0 Å². The van der Waals surface area contributed by atoms with Crippen LogP contribution in [0.25, 0.3) is 0 Å². The first kappa shape index (κ1) is 13.1. The third kappa shape index (κ3) is 11.3. The highest BCUT2D eigenvalue weighted by atomic mass is 31.2. The molecule has 10 heavy (non-hydrogen) atoms. The summed E-state index contributed by atoms with van der Waals surface area (Å²) in [7, 11) is -1.73. The molecule has 0 saturated heterocycles. The lowest BCUT2D eigenvalue weighted by molar-refractivity contribution is 0.824. The predicted octanol–water partition coefficient (Wildman–Crippen LogP) is 2.06. The van der Waals surface area contributed by atoms with Crippen LogP contribution in [0.2, 0.25) is 0 Å². The summed E-state index contributed by atoms with van der Waals surface area (Å²) in [5, 5.41) is 0. The summed E-state index contributed by atoms with van der Waals surface area (Å²) in [5.41, 5.74) is 0. The molecule has 0 bridgehead atoms. The van der Waals surface area contributed by atoms with Crippen LogP contribution < -0.4 is 4.17 Å². The quantitative estimate of drug-likeness (QED) is 0.418. The highest BCUT2D eigenvalue weighted by Gasteiger charge is 2.10. The SMILES string of the molecule is CP(C)(C)=[N+]=P(C)(C)C.[OH-]. The number of nitrogens with zero attached hydrogens (tertiary/aromatic N) is 1. The smallest absolute Gasteiger partial charge is 0.207 e. The van der Waals surface area contributed by atoms with E-state index >= 15 is 0 Å². The molecule has 0 spiro atoms. The lowest BCUT2D eigenvalue weighted by Gasteiger charge is -1.91. The summed E-state index contributed by atoms with van der Waals surface area (Å²) in [4.78, 5) is 0. The van der Waals surface area contributed by atoms with Crippen LogP contribution in [-0.2, 0) is 0 Å². The first-order valence-corrected chi connectivity index (χ1v) is 9.25. The van der Waals surface area contributed by atoms with Crippen molar-refractivity contribution in [3.8, 4) is 0 Å². The van der Waals surface area contributed by atoms with E-state index in [0.717, 1.165) is 0 Å². The Morgan fingerprint density at radius 2 is 0.900 bits per heavy atom. The minimum atomic E-state index is -0.863. The molecule has 1 N–H and O–H groups in total. The van der Waals surface area contributed by atoms with Gasteiger partial charge in [-0.15, -0.1) is 0 Å². The van der Waals surface area contributed by atoms with Crippen LogP contribution in [0.3, 0.4) is 0 Å². The highest BCUT2D eigenvalue weighted by Crippen LogP contribution is 2.38. The van der Waals surface area contributed by atoms with Crippen LogP contribution >= 0.6 is 14.1 Å². The Labute approximate surface area is 64.5 Å². The summed E-state index contributed by atoms with van der Waals surface area (Å²) in [6.07, 6.45) is 0. The van der Waals surface area contributed by atoms with Crippen molar-refractivity contribution in [1.29, 1.82) is 0 Å². The fourth-order valence-corrected chi connectivity index (χ4v) is 7.24. The third-order valence-electron chi connectivity index (χ3n) is 0.537. The number of rotatable bonds is 0. The molecule has 64 valence electrons. The molecule has 0 aromatic heterocycles. The maximum Gasteiger partial charge on any atom is 0.207 e. The fraction of sp³-hybridized carbons (Fsp3) is 1.00. The lowest BCUT2D eigenvalue weighted by atomic mass is 11.9. The van der Waals surface area contributed by atoms with Gasteiger partial charge in [-0.1, -0.05) is 0 Å². The standard InChI is InChI=1S/C6H18NP2.H2O/c1-8(2,3)7-9(4,5)6;/h1-6H3;1H2/q+1;/p-1. The molecular weight excluding hydrogens is 164 g/mol. The average molecular weight is 183 g/mol. The van der Waals surface area contributed by atoms with Gasteiger partial charge in [0.1, 0.15) is 0 Å². The van der Waals surface area contributed by atoms with Crippen molar-refractivity contribution in [2.45, 2.75) is 0 Å². The number of hydrogen-bond donors (Lipinski definition) is 0. The molecule has 0 aliphatic heterocycles. The fourth-order valence-electron chi connectivity index (χ4n) is 0.805. The Kier molecular flexibility index (Phi) is 4.98. The van der Waals surface area contributed by atoms with E-state index in [1.54, 1.807) is 0 Å². The Balaban J connectivity index is 0. The van der Waals surface area contributed by atoms with Crippen molar-refractivity contribution in [1.82, 2.24) is 4.17 Å². The van der Waals surface area contributed by atoms with Gasteiger partial charge < -0.3 is 5.48 Å². The van der Waals surface area contributed by atoms with Crippen LogP contribution in [0.15, 0.2) is 0 Å². The Hall–Kier alpha value is 0.530. The van der Waals surface area contributed by atoms with Gasteiger partial charge in [0.25, 0.3) is 0 Å². The summed E-state index contributed by atoms with van der Waals surface area (Å²) >= 11 is 0. The van der Waals surface area contributed by atoms with Gasteiger partial charge in [-0.05, 0) is 0 Å². The lowest BCUT2D eigenvalue weighted by Crippen LogP contribution is -1.79. The van der Waals surface area contributed by atoms with Gasteiger partial charge in [-0.2, -0.15) is 4.17 Å². The molecule has 0 aliphatic rings. The topological polar surface area (TPSA) is 44.1 Å². The third-order valence-corrected chi connectivity index (χ3v) is 4.83. The first-order chi connectivity index (χ1) is 3.71. The molecular formula is C6H19NOP2. The van der Waals surface area contributed by atoms with Gasteiger partial charge in [0, 0.05) is 40.0 Å². The summed E-state index contributed by atoms with van der Waals surface area (Å²) in [6.45, 7) is 13.6. The average Bonchev–Trinajstić information content (AvgIpc) is 1.14. The molecule has 0 aliphatic carbocycles. The zero-order valence-corrected chi connectivity index (χ0v) is 9.58. The van der Waals surface area contributed by atoms with Crippen LogP contribution in [0.1, 0.15) is 0 Å². The van der Waals surface area contributed by atoms with Crippen LogP contribution in [0.4, 0.5) is 0 Å². The first-order valence-electron chi connectivity index (χ1n) is 3.08. The monoisotopic (exact) mass is 183 g/mol. The van der Waals surface area contributed by atoms with Crippen molar-refractivity contribution in [3.05, 3.63) is 0 Å². The molecule has 0 fully saturated rings. The van der Waals surface area contributed by atoms with Gasteiger partial charge in [0.15, 0.2) is 0 Å². The normalized spacial score (nSPS) is 11.8. The molecule has 0 aromatic carbocycles. The Morgan fingerprint density at radius 1 is 0.700 bits per heavy atom. The molecule has 4 heteroatoms. The van der Waals surface area contributed by atoms with Crippen molar-refractivity contribution < 1.29 is 5.48 Å². The Bertz CT molecular complexity index is 167. The summed E-state index contributed by atoms with van der Waals surface area (Å²) in [5.74, 6) is 0. The molecule has 0 rings (SSSR count). The molecule has 0 radical (unpaired) electrons.